The van der Waals surface area contributed by atoms with Crippen LogP contribution in [0.25, 0.3) is 10.9 Å². The highest BCUT2D eigenvalue weighted by molar-refractivity contribution is 5.94. The summed E-state index contributed by atoms with van der Waals surface area (Å²) in [5.74, 6) is -1.00. The van der Waals surface area contributed by atoms with E-state index in [1.165, 1.54) is 23.0 Å². The van der Waals surface area contributed by atoms with Crippen LogP contribution in [-0.2, 0) is 6.54 Å². The van der Waals surface area contributed by atoms with Crippen molar-refractivity contribution in [3.8, 4) is 0 Å². The smallest absolute Gasteiger partial charge is 0.352 e. The monoisotopic (exact) mass is 291 g/mol. The van der Waals surface area contributed by atoms with Crippen molar-refractivity contribution in [2.45, 2.75) is 13.1 Å². The van der Waals surface area contributed by atoms with Gasteiger partial charge in [0.2, 0.25) is 0 Å². The van der Waals surface area contributed by atoms with E-state index in [-0.39, 0.29) is 18.1 Å². The average Bonchev–Trinajstić information content (AvgIpc) is 3.04. The minimum Gasteiger partial charge on any atom is -0.477 e. The number of alkyl halides is 2. The largest absolute Gasteiger partial charge is 0.477 e. The van der Waals surface area contributed by atoms with Crippen LogP contribution in [0.2, 0.25) is 0 Å². The van der Waals surface area contributed by atoms with E-state index in [4.69, 9.17) is 0 Å². The molecule has 0 saturated heterocycles. The number of imidazole rings is 1. The summed E-state index contributed by atoms with van der Waals surface area (Å²) in [6.07, 6.45) is 2.44. The number of nitrogens with zero attached hydrogens (tertiary/aromatic N) is 3. The summed E-state index contributed by atoms with van der Waals surface area (Å²) in [4.78, 5) is 15.2. The van der Waals surface area contributed by atoms with Crippen LogP contribution < -0.4 is 0 Å². The molecule has 2 heterocycles. The molecule has 3 aromatic rings. The predicted octanol–water partition coefficient (Wildman–Crippen LogP) is 2.98. The standard InChI is InChI=1S/C14H11F2N3O2/c15-14(16)18-6-5-17-12(18)8-19-10-4-2-1-3-9(10)7-11(19)13(20)21/h1-7,14H,8H2,(H,20,21). The van der Waals surface area contributed by atoms with E-state index in [1.807, 2.05) is 0 Å². The van der Waals surface area contributed by atoms with Crippen molar-refractivity contribution < 1.29 is 18.7 Å². The van der Waals surface area contributed by atoms with Gasteiger partial charge in [0.05, 0.1) is 6.54 Å². The summed E-state index contributed by atoms with van der Waals surface area (Å²) in [5.41, 5.74) is 0.707. The van der Waals surface area contributed by atoms with Crippen molar-refractivity contribution in [2.24, 2.45) is 0 Å². The van der Waals surface area contributed by atoms with Gasteiger partial charge in [-0.2, -0.15) is 8.78 Å². The second-order valence-corrected chi connectivity index (χ2v) is 4.51. The zero-order valence-corrected chi connectivity index (χ0v) is 10.8. The van der Waals surface area contributed by atoms with Crippen LogP contribution in [0.4, 0.5) is 8.78 Å². The lowest BCUT2D eigenvalue weighted by Crippen LogP contribution is -2.13. The fraction of sp³-hybridized carbons (Fsp3) is 0.143. The number of carboxylic acid groups (broad SMARTS) is 1. The molecule has 0 amide bonds. The van der Waals surface area contributed by atoms with Crippen molar-refractivity contribution in [3.63, 3.8) is 0 Å². The first kappa shape index (κ1) is 13.3. The number of para-hydroxylation sites is 1. The number of benzene rings is 1. The summed E-state index contributed by atoms with van der Waals surface area (Å²) in [5, 5.41) is 10.0. The highest BCUT2D eigenvalue weighted by Gasteiger charge is 2.18. The molecular weight excluding hydrogens is 280 g/mol. The number of aromatic nitrogens is 3. The summed E-state index contributed by atoms with van der Waals surface area (Å²) < 4.78 is 27.9. The zero-order chi connectivity index (χ0) is 15.0. The molecule has 0 aliphatic heterocycles. The van der Waals surface area contributed by atoms with Crippen LogP contribution in [0, 0.1) is 0 Å². The SMILES string of the molecule is O=C(O)c1cc2ccccc2n1Cc1nccn1C(F)F. The third kappa shape index (κ3) is 2.26. The Morgan fingerprint density at radius 2 is 2.10 bits per heavy atom. The van der Waals surface area contributed by atoms with E-state index in [0.717, 1.165) is 9.95 Å². The van der Waals surface area contributed by atoms with E-state index >= 15 is 0 Å². The van der Waals surface area contributed by atoms with Gasteiger partial charge in [-0.1, -0.05) is 18.2 Å². The van der Waals surface area contributed by atoms with Gasteiger partial charge in [-0.25, -0.2) is 9.78 Å². The molecule has 3 rings (SSSR count). The molecule has 1 N–H and O–H groups in total. The lowest BCUT2D eigenvalue weighted by molar-refractivity contribution is 0.0664. The highest BCUT2D eigenvalue weighted by Crippen LogP contribution is 2.22. The van der Waals surface area contributed by atoms with Crippen molar-refractivity contribution in [1.82, 2.24) is 14.1 Å². The van der Waals surface area contributed by atoms with Crippen LogP contribution >= 0.6 is 0 Å². The molecule has 0 atom stereocenters. The first-order valence-electron chi connectivity index (χ1n) is 6.19. The predicted molar refractivity (Wildman–Crippen MR) is 71.5 cm³/mol. The fourth-order valence-electron chi connectivity index (χ4n) is 2.34. The van der Waals surface area contributed by atoms with Crippen LogP contribution in [0.5, 0.6) is 0 Å². The first-order valence-corrected chi connectivity index (χ1v) is 6.19. The van der Waals surface area contributed by atoms with E-state index in [0.29, 0.717) is 5.52 Å². The maximum absolute atomic E-state index is 12.9. The second kappa shape index (κ2) is 5.01. The van der Waals surface area contributed by atoms with Crippen molar-refractivity contribution in [2.75, 3.05) is 0 Å². The molecule has 0 fully saturated rings. The van der Waals surface area contributed by atoms with Gasteiger partial charge >= 0.3 is 12.5 Å². The third-order valence-electron chi connectivity index (χ3n) is 3.29. The number of fused-ring (bicyclic) bond motifs is 1. The third-order valence-corrected chi connectivity index (χ3v) is 3.29. The molecule has 7 heteroatoms. The lowest BCUT2D eigenvalue weighted by Gasteiger charge is -2.10. The molecule has 108 valence electrons. The van der Waals surface area contributed by atoms with Gasteiger partial charge in [-0.3, -0.25) is 4.57 Å². The number of carbonyl (C=O) groups is 1. The van der Waals surface area contributed by atoms with Crippen molar-refractivity contribution in [1.29, 1.82) is 0 Å². The topological polar surface area (TPSA) is 60.0 Å². The quantitative estimate of drug-likeness (QED) is 0.804. The Labute approximate surface area is 118 Å². The Kier molecular flexibility index (Phi) is 3.17. The van der Waals surface area contributed by atoms with Gasteiger partial charge in [0.1, 0.15) is 11.5 Å². The van der Waals surface area contributed by atoms with Crippen LogP contribution in [0.15, 0.2) is 42.7 Å². The Bertz CT molecular complexity index is 808. The zero-order valence-electron chi connectivity index (χ0n) is 10.8. The molecule has 0 aliphatic rings. The van der Waals surface area contributed by atoms with E-state index < -0.39 is 12.5 Å². The number of aromatic carboxylic acids is 1. The number of hydrogen-bond donors (Lipinski definition) is 1. The van der Waals surface area contributed by atoms with Gasteiger partial charge in [-0.15, -0.1) is 0 Å². The Hall–Kier alpha value is -2.70. The van der Waals surface area contributed by atoms with Crippen LogP contribution in [0.3, 0.4) is 0 Å². The van der Waals surface area contributed by atoms with E-state index in [9.17, 15) is 18.7 Å². The second-order valence-electron chi connectivity index (χ2n) is 4.51. The number of rotatable bonds is 4. The summed E-state index contributed by atoms with van der Waals surface area (Å²) in [6.45, 7) is -2.75. The Balaban J connectivity index is 2.13. The highest BCUT2D eigenvalue weighted by atomic mass is 19.3. The normalized spacial score (nSPS) is 11.4. The average molecular weight is 291 g/mol. The van der Waals surface area contributed by atoms with Gasteiger partial charge in [0.25, 0.3) is 0 Å². The van der Waals surface area contributed by atoms with Crippen molar-refractivity contribution >= 4 is 16.9 Å². The van der Waals surface area contributed by atoms with Gasteiger partial charge in [0, 0.05) is 23.3 Å². The minimum atomic E-state index is -2.71. The molecular formula is C14H11F2N3O2. The molecule has 1 aromatic carbocycles. The maximum Gasteiger partial charge on any atom is 0.352 e. The maximum atomic E-state index is 12.9. The first-order chi connectivity index (χ1) is 10.1. The minimum absolute atomic E-state index is 0.0352. The lowest BCUT2D eigenvalue weighted by atomic mass is 10.2. The van der Waals surface area contributed by atoms with E-state index in [1.54, 1.807) is 24.3 Å². The number of hydrogen-bond acceptors (Lipinski definition) is 2. The summed E-state index contributed by atoms with van der Waals surface area (Å²) >= 11 is 0. The molecule has 0 saturated carbocycles. The molecule has 0 radical (unpaired) electrons. The van der Waals surface area contributed by atoms with Crippen LogP contribution in [-0.4, -0.2) is 25.2 Å². The molecule has 0 unspecified atom stereocenters. The van der Waals surface area contributed by atoms with Gasteiger partial charge < -0.3 is 9.67 Å². The fourth-order valence-corrected chi connectivity index (χ4v) is 2.34. The number of halogens is 2. The number of carboxylic acids is 1. The Morgan fingerprint density at radius 3 is 2.81 bits per heavy atom. The molecule has 0 aliphatic carbocycles. The molecule has 0 spiro atoms. The molecule has 5 nitrogen and oxygen atoms in total. The molecule has 21 heavy (non-hydrogen) atoms. The van der Waals surface area contributed by atoms with Crippen molar-refractivity contribution in [3.05, 3.63) is 54.2 Å². The summed E-state index contributed by atoms with van der Waals surface area (Å²) in [7, 11) is 0. The van der Waals surface area contributed by atoms with Gasteiger partial charge in [-0.05, 0) is 12.1 Å². The molecule has 0 bridgehead atoms. The van der Waals surface area contributed by atoms with Gasteiger partial charge in [0.15, 0.2) is 0 Å². The molecule has 2 aromatic heterocycles. The summed E-state index contributed by atoms with van der Waals surface area (Å²) in [6, 6.07) is 8.60. The van der Waals surface area contributed by atoms with Crippen LogP contribution in [0.1, 0.15) is 22.9 Å². The van der Waals surface area contributed by atoms with E-state index in [2.05, 4.69) is 4.98 Å². The Morgan fingerprint density at radius 1 is 1.33 bits per heavy atom.